The molecule has 2 aromatic carbocycles. The van der Waals surface area contributed by atoms with Crippen LogP contribution in [0.3, 0.4) is 0 Å². The SMILES string of the molecule is CCC(C)NCCOC(=O)C1c2ccccc2-c2ccccc21. The molecule has 3 rings (SSSR count). The maximum absolute atomic E-state index is 12.6. The van der Waals surface area contributed by atoms with E-state index in [1.807, 2.05) is 36.4 Å². The van der Waals surface area contributed by atoms with E-state index in [1.54, 1.807) is 0 Å². The van der Waals surface area contributed by atoms with Gasteiger partial charge in [-0.25, -0.2) is 0 Å². The normalized spacial score (nSPS) is 14.2. The lowest BCUT2D eigenvalue weighted by Crippen LogP contribution is -2.30. The van der Waals surface area contributed by atoms with Crippen LogP contribution in [0.4, 0.5) is 0 Å². The van der Waals surface area contributed by atoms with Gasteiger partial charge in [-0.2, -0.15) is 0 Å². The quantitative estimate of drug-likeness (QED) is 0.653. The Morgan fingerprint density at radius 3 is 2.22 bits per heavy atom. The lowest BCUT2D eigenvalue weighted by molar-refractivity contribution is -0.144. The van der Waals surface area contributed by atoms with Gasteiger partial charge in [0.05, 0.1) is 0 Å². The minimum absolute atomic E-state index is 0.159. The molecule has 0 saturated heterocycles. The Bertz CT molecular complexity index is 650. The van der Waals surface area contributed by atoms with Gasteiger partial charge in [0.25, 0.3) is 0 Å². The molecule has 0 amide bonds. The van der Waals surface area contributed by atoms with Crippen molar-refractivity contribution >= 4 is 5.97 Å². The van der Waals surface area contributed by atoms with Gasteiger partial charge in [-0.1, -0.05) is 55.5 Å². The molecular formula is C20H23NO2. The van der Waals surface area contributed by atoms with Crippen LogP contribution in [-0.2, 0) is 9.53 Å². The number of ether oxygens (including phenoxy) is 1. The van der Waals surface area contributed by atoms with E-state index < -0.39 is 0 Å². The van der Waals surface area contributed by atoms with Crippen molar-refractivity contribution in [2.45, 2.75) is 32.2 Å². The van der Waals surface area contributed by atoms with Gasteiger partial charge in [0, 0.05) is 12.6 Å². The monoisotopic (exact) mass is 309 g/mol. The van der Waals surface area contributed by atoms with Crippen LogP contribution >= 0.6 is 0 Å². The summed E-state index contributed by atoms with van der Waals surface area (Å²) in [5, 5.41) is 3.34. The Balaban J connectivity index is 1.73. The first-order valence-electron chi connectivity index (χ1n) is 8.30. The van der Waals surface area contributed by atoms with E-state index in [0.29, 0.717) is 19.2 Å². The fourth-order valence-electron chi connectivity index (χ4n) is 3.09. The van der Waals surface area contributed by atoms with Crippen molar-refractivity contribution in [3.8, 4) is 11.1 Å². The van der Waals surface area contributed by atoms with Gasteiger partial charge in [-0.15, -0.1) is 0 Å². The molecule has 0 bridgehead atoms. The largest absolute Gasteiger partial charge is 0.464 e. The zero-order valence-corrected chi connectivity index (χ0v) is 13.7. The number of hydrogen-bond donors (Lipinski definition) is 1. The number of nitrogens with one attached hydrogen (secondary N) is 1. The smallest absolute Gasteiger partial charge is 0.318 e. The average Bonchev–Trinajstić information content (AvgIpc) is 2.93. The van der Waals surface area contributed by atoms with Crippen LogP contribution in [0.25, 0.3) is 11.1 Å². The molecule has 3 heteroatoms. The molecule has 0 aliphatic heterocycles. The predicted molar refractivity (Wildman–Crippen MR) is 92.4 cm³/mol. The molecule has 0 heterocycles. The molecule has 1 atom stereocenters. The van der Waals surface area contributed by atoms with E-state index in [1.165, 1.54) is 0 Å². The van der Waals surface area contributed by atoms with Gasteiger partial charge in [0.15, 0.2) is 0 Å². The van der Waals surface area contributed by atoms with Crippen molar-refractivity contribution in [3.05, 3.63) is 59.7 Å². The Morgan fingerprint density at radius 2 is 1.65 bits per heavy atom. The molecule has 0 radical (unpaired) electrons. The molecule has 120 valence electrons. The zero-order chi connectivity index (χ0) is 16.2. The summed E-state index contributed by atoms with van der Waals surface area (Å²) >= 11 is 0. The zero-order valence-electron chi connectivity index (χ0n) is 13.7. The Kier molecular flexibility index (Phi) is 4.77. The molecule has 0 saturated carbocycles. The van der Waals surface area contributed by atoms with Crippen molar-refractivity contribution in [3.63, 3.8) is 0 Å². The summed E-state index contributed by atoms with van der Waals surface area (Å²) in [6, 6.07) is 16.6. The number of carbonyl (C=O) groups excluding carboxylic acids is 1. The van der Waals surface area contributed by atoms with Gasteiger partial charge in [0.2, 0.25) is 0 Å². The Labute approximate surface area is 137 Å². The maximum atomic E-state index is 12.6. The second-order valence-corrected chi connectivity index (χ2v) is 6.04. The van der Waals surface area contributed by atoms with E-state index in [-0.39, 0.29) is 11.9 Å². The second kappa shape index (κ2) is 6.97. The van der Waals surface area contributed by atoms with Gasteiger partial charge >= 0.3 is 5.97 Å². The van der Waals surface area contributed by atoms with E-state index in [2.05, 4.69) is 31.3 Å². The highest BCUT2D eigenvalue weighted by Gasteiger charge is 2.34. The predicted octanol–water partition coefficient (Wildman–Crippen LogP) is 3.73. The third-order valence-corrected chi connectivity index (χ3v) is 4.52. The molecule has 2 aromatic rings. The Hall–Kier alpha value is -2.13. The van der Waals surface area contributed by atoms with E-state index in [9.17, 15) is 4.79 Å². The van der Waals surface area contributed by atoms with Crippen molar-refractivity contribution in [1.29, 1.82) is 0 Å². The fraction of sp³-hybridized carbons (Fsp3) is 0.350. The third-order valence-electron chi connectivity index (χ3n) is 4.52. The van der Waals surface area contributed by atoms with Crippen molar-refractivity contribution in [2.75, 3.05) is 13.2 Å². The van der Waals surface area contributed by atoms with Crippen LogP contribution in [0.5, 0.6) is 0 Å². The summed E-state index contributed by atoms with van der Waals surface area (Å²) in [7, 11) is 0. The maximum Gasteiger partial charge on any atom is 0.318 e. The highest BCUT2D eigenvalue weighted by atomic mass is 16.5. The summed E-state index contributed by atoms with van der Waals surface area (Å²) in [5.74, 6) is -0.459. The number of benzene rings is 2. The van der Waals surface area contributed by atoms with Gasteiger partial charge in [-0.3, -0.25) is 4.79 Å². The van der Waals surface area contributed by atoms with Crippen molar-refractivity contribution in [2.24, 2.45) is 0 Å². The minimum atomic E-state index is -0.300. The Morgan fingerprint density at radius 1 is 1.09 bits per heavy atom. The minimum Gasteiger partial charge on any atom is -0.464 e. The molecule has 1 N–H and O–H groups in total. The molecule has 0 fully saturated rings. The van der Waals surface area contributed by atoms with Crippen LogP contribution in [0.2, 0.25) is 0 Å². The summed E-state index contributed by atoms with van der Waals surface area (Å²) in [5.41, 5.74) is 4.38. The lowest BCUT2D eigenvalue weighted by atomic mass is 9.97. The van der Waals surface area contributed by atoms with Gasteiger partial charge in [0.1, 0.15) is 12.5 Å². The molecule has 1 aliphatic rings. The van der Waals surface area contributed by atoms with Gasteiger partial charge < -0.3 is 10.1 Å². The standard InChI is InChI=1S/C20H23NO2/c1-3-14(2)21-12-13-23-20(22)19-17-10-6-4-8-15(17)16-9-5-7-11-18(16)19/h4-11,14,19,21H,3,12-13H2,1-2H3. The summed E-state index contributed by atoms with van der Waals surface area (Å²) in [4.78, 5) is 12.6. The first kappa shape index (κ1) is 15.8. The topological polar surface area (TPSA) is 38.3 Å². The number of fused-ring (bicyclic) bond motifs is 3. The number of esters is 1. The second-order valence-electron chi connectivity index (χ2n) is 6.04. The van der Waals surface area contributed by atoms with Crippen LogP contribution in [0, 0.1) is 0 Å². The number of hydrogen-bond acceptors (Lipinski definition) is 3. The highest BCUT2D eigenvalue weighted by molar-refractivity contribution is 5.93. The van der Waals surface area contributed by atoms with Crippen LogP contribution < -0.4 is 5.32 Å². The molecule has 1 unspecified atom stereocenters. The van der Waals surface area contributed by atoms with Gasteiger partial charge in [-0.05, 0) is 35.6 Å². The lowest BCUT2D eigenvalue weighted by Gasteiger charge is -2.15. The molecule has 0 aromatic heterocycles. The summed E-state index contributed by atoms with van der Waals surface area (Å²) in [6.07, 6.45) is 1.07. The van der Waals surface area contributed by atoms with Crippen LogP contribution in [-0.4, -0.2) is 25.2 Å². The van der Waals surface area contributed by atoms with E-state index in [4.69, 9.17) is 4.74 Å². The first-order valence-corrected chi connectivity index (χ1v) is 8.30. The highest BCUT2D eigenvalue weighted by Crippen LogP contribution is 2.44. The number of carbonyl (C=O) groups is 1. The third kappa shape index (κ3) is 3.15. The molecule has 3 nitrogen and oxygen atoms in total. The van der Waals surface area contributed by atoms with Crippen molar-refractivity contribution < 1.29 is 9.53 Å². The van der Waals surface area contributed by atoms with E-state index in [0.717, 1.165) is 28.7 Å². The summed E-state index contributed by atoms with van der Waals surface area (Å²) in [6.45, 7) is 5.36. The average molecular weight is 309 g/mol. The van der Waals surface area contributed by atoms with Crippen LogP contribution in [0.1, 0.15) is 37.3 Å². The summed E-state index contributed by atoms with van der Waals surface area (Å²) < 4.78 is 5.53. The molecule has 1 aliphatic carbocycles. The molecule has 23 heavy (non-hydrogen) atoms. The molecule has 0 spiro atoms. The molecular weight excluding hydrogens is 286 g/mol. The van der Waals surface area contributed by atoms with E-state index >= 15 is 0 Å². The first-order chi connectivity index (χ1) is 11.2. The fourth-order valence-corrected chi connectivity index (χ4v) is 3.09. The van der Waals surface area contributed by atoms with Crippen LogP contribution in [0.15, 0.2) is 48.5 Å². The van der Waals surface area contributed by atoms with Crippen molar-refractivity contribution in [1.82, 2.24) is 5.32 Å². The number of rotatable bonds is 6.